The fraction of sp³-hybridized carbons (Fsp3) is 0.529. The summed E-state index contributed by atoms with van der Waals surface area (Å²) in [6.45, 7) is 3.39. The topological polar surface area (TPSA) is 66.8 Å². The van der Waals surface area contributed by atoms with Crippen LogP contribution in [-0.2, 0) is 0 Å². The molecule has 3 heterocycles. The molecular weight excluding hydrogens is 307 g/mol. The zero-order chi connectivity index (χ0) is 16.5. The Bertz CT molecular complexity index is 733. The van der Waals surface area contributed by atoms with Crippen LogP contribution >= 0.6 is 0 Å². The Labute approximate surface area is 140 Å². The highest BCUT2D eigenvalue weighted by Crippen LogP contribution is 2.38. The van der Waals surface area contributed by atoms with Crippen molar-refractivity contribution in [2.75, 3.05) is 23.3 Å². The Balaban J connectivity index is 1.47. The number of aromatic nitrogens is 4. The van der Waals surface area contributed by atoms with E-state index in [0.717, 1.165) is 37.9 Å². The summed E-state index contributed by atoms with van der Waals surface area (Å²) >= 11 is 0. The van der Waals surface area contributed by atoms with E-state index in [-0.39, 0.29) is 17.8 Å². The van der Waals surface area contributed by atoms with Crippen molar-refractivity contribution in [1.29, 1.82) is 0 Å². The second kappa shape index (κ2) is 6.30. The lowest BCUT2D eigenvalue weighted by atomic mass is 9.82. The minimum absolute atomic E-state index is 0.188. The van der Waals surface area contributed by atoms with E-state index in [1.807, 2.05) is 17.9 Å². The van der Waals surface area contributed by atoms with Crippen LogP contribution in [0, 0.1) is 12.7 Å². The highest BCUT2D eigenvalue weighted by atomic mass is 19.1. The second-order valence-electron chi connectivity index (χ2n) is 6.62. The zero-order valence-electron chi connectivity index (χ0n) is 13.7. The Morgan fingerprint density at radius 2 is 2.08 bits per heavy atom. The van der Waals surface area contributed by atoms with E-state index in [0.29, 0.717) is 24.0 Å². The van der Waals surface area contributed by atoms with Gasteiger partial charge in [-0.25, -0.2) is 24.3 Å². The maximum atomic E-state index is 14.8. The van der Waals surface area contributed by atoms with Crippen LogP contribution < -0.4 is 10.2 Å². The van der Waals surface area contributed by atoms with Gasteiger partial charge in [0.05, 0.1) is 5.69 Å². The standard InChI is InChI=1S/C17H21FN6/c1-11-5-7-19-17(22-11)23-13-6-8-24(9-13)16-14(18)15(20-10-21-16)12-3-2-4-12/h5,7,10,12-13H,2-4,6,8-9H2,1H3,(H,19,22,23). The van der Waals surface area contributed by atoms with Crippen molar-refractivity contribution in [3.05, 3.63) is 35.8 Å². The molecular formula is C17H21FN6. The van der Waals surface area contributed by atoms with Crippen molar-refractivity contribution in [3.63, 3.8) is 0 Å². The summed E-state index contributed by atoms with van der Waals surface area (Å²) in [4.78, 5) is 19.0. The van der Waals surface area contributed by atoms with E-state index in [1.54, 1.807) is 6.20 Å². The van der Waals surface area contributed by atoms with Crippen molar-refractivity contribution < 1.29 is 4.39 Å². The summed E-state index contributed by atoms with van der Waals surface area (Å²) in [5.74, 6) is 1.08. The first kappa shape index (κ1) is 15.2. The van der Waals surface area contributed by atoms with Gasteiger partial charge in [-0.15, -0.1) is 0 Å². The number of hydrogen-bond donors (Lipinski definition) is 1. The number of hydrogen-bond acceptors (Lipinski definition) is 6. The fourth-order valence-electron chi connectivity index (χ4n) is 3.33. The van der Waals surface area contributed by atoms with Gasteiger partial charge in [0, 0.05) is 36.9 Å². The van der Waals surface area contributed by atoms with Gasteiger partial charge in [-0.05, 0) is 32.3 Å². The van der Waals surface area contributed by atoms with Crippen molar-refractivity contribution in [3.8, 4) is 0 Å². The molecule has 24 heavy (non-hydrogen) atoms. The van der Waals surface area contributed by atoms with Gasteiger partial charge >= 0.3 is 0 Å². The highest BCUT2D eigenvalue weighted by Gasteiger charge is 2.30. The smallest absolute Gasteiger partial charge is 0.223 e. The third-order valence-electron chi connectivity index (χ3n) is 4.91. The van der Waals surface area contributed by atoms with Crippen LogP contribution in [0.2, 0.25) is 0 Å². The van der Waals surface area contributed by atoms with Gasteiger partial charge in [-0.1, -0.05) is 6.42 Å². The molecule has 2 aliphatic rings. The van der Waals surface area contributed by atoms with Gasteiger partial charge in [-0.2, -0.15) is 0 Å². The molecule has 0 amide bonds. The number of nitrogens with zero attached hydrogens (tertiary/aromatic N) is 5. The molecule has 4 rings (SSSR count). The van der Waals surface area contributed by atoms with Gasteiger partial charge in [0.2, 0.25) is 5.95 Å². The number of nitrogens with one attached hydrogen (secondary N) is 1. The molecule has 0 aromatic carbocycles. The summed E-state index contributed by atoms with van der Waals surface area (Å²) < 4.78 is 14.8. The molecule has 0 spiro atoms. The average Bonchev–Trinajstić information content (AvgIpc) is 2.96. The summed E-state index contributed by atoms with van der Waals surface area (Å²) in [7, 11) is 0. The summed E-state index contributed by atoms with van der Waals surface area (Å²) in [5.41, 5.74) is 1.51. The summed E-state index contributed by atoms with van der Waals surface area (Å²) in [5, 5.41) is 3.33. The molecule has 0 radical (unpaired) electrons. The van der Waals surface area contributed by atoms with Crippen molar-refractivity contribution in [1.82, 2.24) is 19.9 Å². The van der Waals surface area contributed by atoms with E-state index in [2.05, 4.69) is 25.3 Å². The molecule has 1 unspecified atom stereocenters. The number of rotatable bonds is 4. The second-order valence-corrected chi connectivity index (χ2v) is 6.62. The predicted molar refractivity (Wildman–Crippen MR) is 89.6 cm³/mol. The maximum Gasteiger partial charge on any atom is 0.223 e. The Morgan fingerprint density at radius 3 is 2.83 bits per heavy atom. The minimum atomic E-state index is -0.241. The molecule has 1 aliphatic heterocycles. The van der Waals surface area contributed by atoms with Gasteiger partial charge in [0.1, 0.15) is 6.33 Å². The van der Waals surface area contributed by atoms with E-state index in [9.17, 15) is 4.39 Å². The SMILES string of the molecule is Cc1ccnc(NC2CCN(c3ncnc(C4CCC4)c3F)C2)n1. The normalized spacial score (nSPS) is 20.9. The van der Waals surface area contributed by atoms with Gasteiger partial charge in [0.25, 0.3) is 0 Å². The first-order chi connectivity index (χ1) is 11.7. The maximum absolute atomic E-state index is 14.8. The third-order valence-corrected chi connectivity index (χ3v) is 4.91. The molecule has 1 aliphatic carbocycles. The fourth-order valence-corrected chi connectivity index (χ4v) is 3.33. The van der Waals surface area contributed by atoms with Crippen molar-refractivity contribution >= 4 is 11.8 Å². The number of anilines is 2. The van der Waals surface area contributed by atoms with Crippen LogP contribution in [0.25, 0.3) is 0 Å². The molecule has 1 saturated carbocycles. The van der Waals surface area contributed by atoms with Crippen LogP contribution in [0.15, 0.2) is 18.6 Å². The van der Waals surface area contributed by atoms with Gasteiger partial charge in [0.15, 0.2) is 11.6 Å². The molecule has 7 heteroatoms. The van der Waals surface area contributed by atoms with Crippen LogP contribution in [-0.4, -0.2) is 39.1 Å². The lowest BCUT2D eigenvalue weighted by molar-refractivity contribution is 0.392. The Hall–Kier alpha value is -2.31. The molecule has 1 atom stereocenters. The molecule has 1 N–H and O–H groups in total. The zero-order valence-corrected chi connectivity index (χ0v) is 13.7. The van der Waals surface area contributed by atoms with Crippen LogP contribution in [0.5, 0.6) is 0 Å². The lowest BCUT2D eigenvalue weighted by Crippen LogP contribution is -2.28. The monoisotopic (exact) mass is 328 g/mol. The average molecular weight is 328 g/mol. The van der Waals surface area contributed by atoms with Gasteiger partial charge in [-0.3, -0.25) is 0 Å². The number of aryl methyl sites for hydroxylation is 1. The molecule has 6 nitrogen and oxygen atoms in total. The predicted octanol–water partition coefficient (Wildman–Crippen LogP) is 2.67. The largest absolute Gasteiger partial charge is 0.352 e. The van der Waals surface area contributed by atoms with E-state index < -0.39 is 0 Å². The van der Waals surface area contributed by atoms with Gasteiger partial charge < -0.3 is 10.2 Å². The number of halogens is 1. The molecule has 126 valence electrons. The molecule has 2 aromatic rings. The molecule has 2 fully saturated rings. The van der Waals surface area contributed by atoms with E-state index in [1.165, 1.54) is 6.33 Å². The Kier molecular flexibility index (Phi) is 4.00. The minimum Gasteiger partial charge on any atom is -0.352 e. The van der Waals surface area contributed by atoms with Crippen LogP contribution in [0.1, 0.15) is 43.0 Å². The third kappa shape index (κ3) is 2.90. The molecule has 0 bridgehead atoms. The van der Waals surface area contributed by atoms with E-state index in [4.69, 9.17) is 0 Å². The summed E-state index contributed by atoms with van der Waals surface area (Å²) in [6.07, 6.45) is 7.36. The van der Waals surface area contributed by atoms with Crippen LogP contribution in [0.3, 0.4) is 0 Å². The molecule has 2 aromatic heterocycles. The summed E-state index contributed by atoms with van der Waals surface area (Å²) in [6, 6.07) is 2.05. The lowest BCUT2D eigenvalue weighted by Gasteiger charge is -2.26. The first-order valence-corrected chi connectivity index (χ1v) is 8.52. The molecule has 1 saturated heterocycles. The quantitative estimate of drug-likeness (QED) is 0.931. The van der Waals surface area contributed by atoms with Crippen molar-refractivity contribution in [2.45, 2.75) is 44.6 Å². The first-order valence-electron chi connectivity index (χ1n) is 8.52. The Morgan fingerprint density at radius 1 is 1.21 bits per heavy atom. The highest BCUT2D eigenvalue weighted by molar-refractivity contribution is 5.44. The van der Waals surface area contributed by atoms with Crippen LogP contribution in [0.4, 0.5) is 16.2 Å². The van der Waals surface area contributed by atoms with Crippen molar-refractivity contribution in [2.24, 2.45) is 0 Å². The van der Waals surface area contributed by atoms with E-state index >= 15 is 0 Å².